The first-order valence-electron chi connectivity index (χ1n) is 5.78. The van der Waals surface area contributed by atoms with Gasteiger partial charge in [-0.25, -0.2) is 0 Å². The standard InChI is InChI=1S/C12H18N2O2/c1-12(2)6-8(15)10(9(16)7-12)11-13-4-3-5-14-11/h13-14H,3-7H2,1-2H3. The van der Waals surface area contributed by atoms with Gasteiger partial charge in [0.05, 0.1) is 0 Å². The lowest BCUT2D eigenvalue weighted by Gasteiger charge is -2.31. The average molecular weight is 222 g/mol. The summed E-state index contributed by atoms with van der Waals surface area (Å²) in [7, 11) is 0. The van der Waals surface area contributed by atoms with Crippen molar-refractivity contribution in [1.29, 1.82) is 0 Å². The number of ketones is 2. The summed E-state index contributed by atoms with van der Waals surface area (Å²) < 4.78 is 0. The van der Waals surface area contributed by atoms with Crippen molar-refractivity contribution in [2.24, 2.45) is 5.41 Å². The summed E-state index contributed by atoms with van der Waals surface area (Å²) in [6.45, 7) is 5.59. The second-order valence-electron chi connectivity index (χ2n) is 5.32. The fourth-order valence-electron chi connectivity index (χ4n) is 2.30. The Hall–Kier alpha value is -1.32. The molecular weight excluding hydrogens is 204 g/mol. The highest BCUT2D eigenvalue weighted by molar-refractivity contribution is 6.22. The van der Waals surface area contributed by atoms with Crippen molar-refractivity contribution in [3.8, 4) is 0 Å². The minimum absolute atomic E-state index is 0.0295. The van der Waals surface area contributed by atoms with Crippen LogP contribution < -0.4 is 10.6 Å². The molecule has 4 nitrogen and oxygen atoms in total. The van der Waals surface area contributed by atoms with Crippen LogP contribution in [0.5, 0.6) is 0 Å². The van der Waals surface area contributed by atoms with Gasteiger partial charge in [0.1, 0.15) is 11.4 Å². The zero-order valence-corrected chi connectivity index (χ0v) is 9.85. The van der Waals surface area contributed by atoms with E-state index in [9.17, 15) is 9.59 Å². The van der Waals surface area contributed by atoms with Crippen LogP contribution in [0.15, 0.2) is 11.4 Å². The van der Waals surface area contributed by atoms with Crippen LogP contribution in [0.2, 0.25) is 0 Å². The van der Waals surface area contributed by atoms with Crippen molar-refractivity contribution in [1.82, 2.24) is 10.6 Å². The quantitative estimate of drug-likeness (QED) is 0.469. The molecule has 1 saturated heterocycles. The molecular formula is C12H18N2O2. The third-order valence-electron chi connectivity index (χ3n) is 3.04. The van der Waals surface area contributed by atoms with Crippen LogP contribution in [0.1, 0.15) is 33.1 Å². The van der Waals surface area contributed by atoms with Crippen LogP contribution in [-0.2, 0) is 9.59 Å². The Morgan fingerprint density at radius 1 is 1.00 bits per heavy atom. The predicted octanol–water partition coefficient (Wildman–Crippen LogP) is 0.739. The Bertz CT molecular complexity index is 339. The van der Waals surface area contributed by atoms with Gasteiger partial charge in [-0.05, 0) is 11.8 Å². The largest absolute Gasteiger partial charge is 0.371 e. The molecule has 1 saturated carbocycles. The van der Waals surface area contributed by atoms with Crippen molar-refractivity contribution in [3.05, 3.63) is 11.4 Å². The number of rotatable bonds is 0. The van der Waals surface area contributed by atoms with Crippen LogP contribution in [-0.4, -0.2) is 24.7 Å². The summed E-state index contributed by atoms with van der Waals surface area (Å²) in [5.41, 5.74) is 0.173. The summed E-state index contributed by atoms with van der Waals surface area (Å²) in [5.74, 6) is 0.591. The molecule has 0 aromatic rings. The smallest absolute Gasteiger partial charge is 0.170 e. The maximum Gasteiger partial charge on any atom is 0.170 e. The molecule has 0 aromatic heterocycles. The maximum atomic E-state index is 12.0. The number of carbonyl (C=O) groups excluding carboxylic acids is 2. The summed E-state index contributed by atoms with van der Waals surface area (Å²) >= 11 is 0. The SMILES string of the molecule is CC1(C)CC(=O)C(=C2NCCCN2)C(=O)C1. The van der Waals surface area contributed by atoms with Crippen molar-refractivity contribution in [2.75, 3.05) is 13.1 Å². The summed E-state index contributed by atoms with van der Waals surface area (Å²) in [5, 5.41) is 6.21. The van der Waals surface area contributed by atoms with Gasteiger partial charge in [0.15, 0.2) is 11.6 Å². The minimum Gasteiger partial charge on any atom is -0.371 e. The van der Waals surface area contributed by atoms with E-state index in [-0.39, 0.29) is 17.0 Å². The molecule has 2 fully saturated rings. The Balaban J connectivity index is 2.28. The normalized spacial score (nSPS) is 25.1. The molecule has 0 bridgehead atoms. The van der Waals surface area contributed by atoms with Gasteiger partial charge in [-0.2, -0.15) is 0 Å². The molecule has 0 unspecified atom stereocenters. The van der Waals surface area contributed by atoms with E-state index in [1.54, 1.807) is 0 Å². The average Bonchev–Trinajstić information content (AvgIpc) is 2.16. The number of hydrogen-bond acceptors (Lipinski definition) is 4. The van der Waals surface area contributed by atoms with E-state index in [4.69, 9.17) is 0 Å². The van der Waals surface area contributed by atoms with Crippen molar-refractivity contribution in [3.63, 3.8) is 0 Å². The molecule has 0 amide bonds. The van der Waals surface area contributed by atoms with Gasteiger partial charge >= 0.3 is 0 Å². The van der Waals surface area contributed by atoms with Crippen LogP contribution in [0.25, 0.3) is 0 Å². The monoisotopic (exact) mass is 222 g/mol. The van der Waals surface area contributed by atoms with Gasteiger partial charge in [0, 0.05) is 25.9 Å². The highest BCUT2D eigenvalue weighted by atomic mass is 16.2. The van der Waals surface area contributed by atoms with Crippen molar-refractivity contribution in [2.45, 2.75) is 33.1 Å². The van der Waals surface area contributed by atoms with Crippen LogP contribution in [0.3, 0.4) is 0 Å². The van der Waals surface area contributed by atoms with Crippen LogP contribution in [0.4, 0.5) is 0 Å². The molecule has 1 aliphatic heterocycles. The van der Waals surface area contributed by atoms with Crippen LogP contribution >= 0.6 is 0 Å². The Morgan fingerprint density at radius 3 is 2.00 bits per heavy atom. The Morgan fingerprint density at radius 2 is 1.50 bits per heavy atom. The molecule has 16 heavy (non-hydrogen) atoms. The van der Waals surface area contributed by atoms with E-state index >= 15 is 0 Å². The molecule has 0 spiro atoms. The Kier molecular flexibility index (Phi) is 2.74. The molecule has 0 atom stereocenters. The van der Waals surface area contributed by atoms with E-state index in [1.807, 2.05) is 13.8 Å². The topological polar surface area (TPSA) is 58.2 Å². The number of allylic oxidation sites excluding steroid dienone is 1. The zero-order valence-electron chi connectivity index (χ0n) is 9.85. The fraction of sp³-hybridized carbons (Fsp3) is 0.667. The minimum atomic E-state index is -0.188. The second kappa shape index (κ2) is 3.92. The molecule has 0 radical (unpaired) electrons. The van der Waals surface area contributed by atoms with E-state index in [2.05, 4.69) is 10.6 Å². The van der Waals surface area contributed by atoms with Gasteiger partial charge in [-0.3, -0.25) is 9.59 Å². The second-order valence-corrected chi connectivity index (χ2v) is 5.32. The first kappa shape index (κ1) is 11.2. The van der Waals surface area contributed by atoms with Crippen molar-refractivity contribution < 1.29 is 9.59 Å². The molecule has 2 N–H and O–H groups in total. The number of Topliss-reactive ketones (excluding diaryl/α,β-unsaturated/α-hetero) is 2. The summed E-state index contributed by atoms with van der Waals surface area (Å²) in [6.07, 6.45) is 1.94. The third kappa shape index (κ3) is 2.10. The lowest BCUT2D eigenvalue weighted by Crippen LogP contribution is -2.41. The molecule has 1 heterocycles. The molecule has 0 aromatic carbocycles. The van der Waals surface area contributed by atoms with Crippen LogP contribution in [0, 0.1) is 5.41 Å². The maximum absolute atomic E-state index is 12.0. The van der Waals surface area contributed by atoms with E-state index in [1.165, 1.54) is 0 Å². The number of hydrogen-bond donors (Lipinski definition) is 2. The molecule has 1 aliphatic carbocycles. The molecule has 88 valence electrons. The highest BCUT2D eigenvalue weighted by Gasteiger charge is 2.37. The van der Waals surface area contributed by atoms with Gasteiger partial charge in [0.25, 0.3) is 0 Å². The first-order valence-corrected chi connectivity index (χ1v) is 5.78. The lowest BCUT2D eigenvalue weighted by molar-refractivity contribution is -0.127. The fourth-order valence-corrected chi connectivity index (χ4v) is 2.30. The van der Waals surface area contributed by atoms with E-state index in [0.717, 1.165) is 19.5 Å². The number of nitrogens with one attached hydrogen (secondary N) is 2. The molecule has 4 heteroatoms. The predicted molar refractivity (Wildman–Crippen MR) is 60.7 cm³/mol. The van der Waals surface area contributed by atoms with E-state index < -0.39 is 0 Å². The van der Waals surface area contributed by atoms with Gasteiger partial charge in [-0.1, -0.05) is 13.8 Å². The van der Waals surface area contributed by atoms with E-state index in [0.29, 0.717) is 24.2 Å². The molecule has 2 rings (SSSR count). The molecule has 2 aliphatic rings. The third-order valence-corrected chi connectivity index (χ3v) is 3.04. The van der Waals surface area contributed by atoms with Gasteiger partial charge < -0.3 is 10.6 Å². The van der Waals surface area contributed by atoms with Crippen molar-refractivity contribution >= 4 is 11.6 Å². The highest BCUT2D eigenvalue weighted by Crippen LogP contribution is 2.34. The summed E-state index contributed by atoms with van der Waals surface area (Å²) in [6, 6.07) is 0. The zero-order chi connectivity index (χ0) is 11.8. The van der Waals surface area contributed by atoms with Gasteiger partial charge in [0.2, 0.25) is 0 Å². The number of carbonyl (C=O) groups is 2. The lowest BCUT2D eigenvalue weighted by atomic mass is 9.74. The first-order chi connectivity index (χ1) is 7.49. The Labute approximate surface area is 95.5 Å². The summed E-state index contributed by atoms with van der Waals surface area (Å²) in [4.78, 5) is 23.9. The van der Waals surface area contributed by atoms with Gasteiger partial charge in [-0.15, -0.1) is 0 Å².